The molecule has 1 atom stereocenters. The summed E-state index contributed by atoms with van der Waals surface area (Å²) in [6, 6.07) is 12.6. The van der Waals surface area contributed by atoms with Crippen LogP contribution in [-0.4, -0.2) is 18.9 Å². The van der Waals surface area contributed by atoms with Crippen molar-refractivity contribution in [3.63, 3.8) is 0 Å². The highest BCUT2D eigenvalue weighted by Crippen LogP contribution is 2.39. The van der Waals surface area contributed by atoms with Gasteiger partial charge in [0, 0.05) is 22.8 Å². The summed E-state index contributed by atoms with van der Waals surface area (Å²) in [5.41, 5.74) is 2.53. The van der Waals surface area contributed by atoms with Gasteiger partial charge in [0.2, 0.25) is 0 Å². The summed E-state index contributed by atoms with van der Waals surface area (Å²) in [6.45, 7) is 2.80. The monoisotopic (exact) mass is 446 g/mol. The maximum absolute atomic E-state index is 14.9. The molecule has 1 unspecified atom stereocenters. The average molecular weight is 447 g/mol. The van der Waals surface area contributed by atoms with Crippen molar-refractivity contribution in [3.05, 3.63) is 76.7 Å². The Kier molecular flexibility index (Phi) is 6.00. The molecular formula is C23H24ClFN2O2S. The van der Waals surface area contributed by atoms with Gasteiger partial charge in [-0.05, 0) is 67.3 Å². The summed E-state index contributed by atoms with van der Waals surface area (Å²) in [6.07, 6.45) is 5.26. The van der Waals surface area contributed by atoms with Crippen molar-refractivity contribution in [2.75, 3.05) is 6.54 Å². The van der Waals surface area contributed by atoms with Gasteiger partial charge in [-0.15, -0.1) is 0 Å². The van der Waals surface area contributed by atoms with Gasteiger partial charge in [0.05, 0.1) is 10.6 Å². The number of fused-ring (bicyclic) bond motifs is 1. The second-order valence-electron chi connectivity index (χ2n) is 7.51. The highest BCUT2D eigenvalue weighted by atomic mass is 35.5. The number of nitrogens with zero attached hydrogens (tertiary/aromatic N) is 1. The Morgan fingerprint density at radius 2 is 1.97 bits per heavy atom. The van der Waals surface area contributed by atoms with Crippen LogP contribution in [0.4, 0.5) is 4.39 Å². The fourth-order valence-electron chi connectivity index (χ4n) is 4.23. The summed E-state index contributed by atoms with van der Waals surface area (Å²) in [7, 11) is -3.96. The molecule has 4 nitrogen and oxygen atoms in total. The molecule has 0 spiro atoms. The van der Waals surface area contributed by atoms with Crippen LogP contribution in [0.15, 0.2) is 59.6 Å². The molecule has 3 aromatic rings. The summed E-state index contributed by atoms with van der Waals surface area (Å²) in [4.78, 5) is 0.0812. The van der Waals surface area contributed by atoms with Gasteiger partial charge in [0.1, 0.15) is 5.82 Å². The van der Waals surface area contributed by atoms with Crippen LogP contribution in [-0.2, 0) is 16.4 Å². The van der Waals surface area contributed by atoms with E-state index in [1.807, 2.05) is 6.92 Å². The predicted molar refractivity (Wildman–Crippen MR) is 118 cm³/mol. The Hall–Kier alpha value is -2.15. The van der Waals surface area contributed by atoms with E-state index in [4.69, 9.17) is 11.6 Å². The molecule has 0 saturated heterocycles. The van der Waals surface area contributed by atoms with Crippen molar-refractivity contribution in [2.45, 2.75) is 43.5 Å². The van der Waals surface area contributed by atoms with Crippen molar-refractivity contribution < 1.29 is 12.8 Å². The lowest BCUT2D eigenvalue weighted by Gasteiger charge is -2.15. The highest BCUT2D eigenvalue weighted by Gasteiger charge is 2.31. The maximum Gasteiger partial charge on any atom is 0.268 e. The molecule has 1 aromatic heterocycles. The third kappa shape index (κ3) is 3.80. The first-order valence-electron chi connectivity index (χ1n) is 10.2. The minimum absolute atomic E-state index is 0.0360. The van der Waals surface area contributed by atoms with Crippen LogP contribution in [0.1, 0.15) is 43.4 Å². The molecule has 1 aliphatic carbocycles. The SMILES string of the molecule is CCNC1CCCCc2c1cn(S(=O)(=O)c1cccc(Cl)c1)c2-c1ccccc1F. The second kappa shape index (κ2) is 8.53. The van der Waals surface area contributed by atoms with Crippen LogP contribution in [0, 0.1) is 5.82 Å². The Bertz CT molecular complexity index is 1170. The summed E-state index contributed by atoms with van der Waals surface area (Å²) in [5.74, 6) is -0.440. The molecule has 7 heteroatoms. The lowest BCUT2D eigenvalue weighted by atomic mass is 9.99. The van der Waals surface area contributed by atoms with Crippen molar-refractivity contribution in [2.24, 2.45) is 0 Å². The molecule has 0 amide bonds. The summed E-state index contributed by atoms with van der Waals surface area (Å²) in [5, 5.41) is 3.80. The smallest absolute Gasteiger partial charge is 0.268 e. The predicted octanol–water partition coefficient (Wildman–Crippen LogP) is 5.56. The minimum Gasteiger partial charge on any atom is -0.310 e. The quantitative estimate of drug-likeness (QED) is 0.522. The van der Waals surface area contributed by atoms with Gasteiger partial charge in [-0.25, -0.2) is 16.8 Å². The molecular weight excluding hydrogens is 423 g/mol. The summed E-state index contributed by atoms with van der Waals surface area (Å²) >= 11 is 6.06. The van der Waals surface area contributed by atoms with E-state index in [0.29, 0.717) is 22.7 Å². The Labute approximate surface area is 181 Å². The van der Waals surface area contributed by atoms with E-state index in [1.54, 1.807) is 36.5 Å². The fraction of sp³-hybridized carbons (Fsp3) is 0.304. The van der Waals surface area contributed by atoms with E-state index in [-0.39, 0.29) is 10.9 Å². The standard InChI is InChI=1S/C23H24ClFN2O2S/c1-2-26-22-13-6-4-10-18-20(22)15-27(23(18)19-11-3-5-12-21(19)25)30(28,29)17-9-7-8-16(24)14-17/h3,5,7-9,11-12,14-15,22,26H,2,4,6,10,13H2,1H3. The first-order valence-corrected chi connectivity index (χ1v) is 12.0. The van der Waals surface area contributed by atoms with Crippen molar-refractivity contribution in [1.29, 1.82) is 0 Å². The Morgan fingerprint density at radius 1 is 1.17 bits per heavy atom. The first-order chi connectivity index (χ1) is 14.4. The third-order valence-corrected chi connectivity index (χ3v) is 7.48. The number of hydrogen-bond acceptors (Lipinski definition) is 3. The van der Waals surface area contributed by atoms with Gasteiger partial charge in [-0.3, -0.25) is 0 Å². The van der Waals surface area contributed by atoms with Gasteiger partial charge < -0.3 is 5.32 Å². The number of rotatable bonds is 5. The second-order valence-corrected chi connectivity index (χ2v) is 9.76. The number of halogens is 2. The zero-order valence-electron chi connectivity index (χ0n) is 16.7. The molecule has 0 fully saturated rings. The van der Waals surface area contributed by atoms with Crippen molar-refractivity contribution in [3.8, 4) is 11.3 Å². The average Bonchev–Trinajstić information content (AvgIpc) is 3.00. The van der Waals surface area contributed by atoms with E-state index >= 15 is 0 Å². The summed E-state index contributed by atoms with van der Waals surface area (Å²) < 4.78 is 43.3. The Balaban J connectivity index is 2.01. The fourth-order valence-corrected chi connectivity index (χ4v) is 5.94. The first kappa shape index (κ1) is 21.1. The van der Waals surface area contributed by atoms with Crippen LogP contribution in [0.25, 0.3) is 11.3 Å². The number of nitrogens with one attached hydrogen (secondary N) is 1. The number of benzene rings is 2. The molecule has 0 radical (unpaired) electrons. The minimum atomic E-state index is -3.96. The van der Waals surface area contributed by atoms with Crippen LogP contribution in [0.5, 0.6) is 0 Å². The maximum atomic E-state index is 14.9. The molecule has 2 aromatic carbocycles. The normalized spacial score (nSPS) is 16.8. The van der Waals surface area contributed by atoms with Gasteiger partial charge in [0.25, 0.3) is 10.0 Å². The molecule has 30 heavy (non-hydrogen) atoms. The highest BCUT2D eigenvalue weighted by molar-refractivity contribution is 7.90. The molecule has 158 valence electrons. The number of hydrogen-bond donors (Lipinski definition) is 1. The molecule has 0 aliphatic heterocycles. The van der Waals surface area contributed by atoms with Gasteiger partial charge in [0.15, 0.2) is 0 Å². The zero-order chi connectivity index (χ0) is 21.3. The Morgan fingerprint density at radius 3 is 2.70 bits per heavy atom. The molecule has 0 bridgehead atoms. The van der Waals surface area contributed by atoms with Gasteiger partial charge >= 0.3 is 0 Å². The van der Waals surface area contributed by atoms with E-state index in [2.05, 4.69) is 5.32 Å². The number of aromatic nitrogens is 1. The largest absolute Gasteiger partial charge is 0.310 e. The lowest BCUT2D eigenvalue weighted by Crippen LogP contribution is -2.20. The molecule has 1 heterocycles. The lowest BCUT2D eigenvalue weighted by molar-refractivity contribution is 0.503. The van der Waals surface area contributed by atoms with E-state index in [9.17, 15) is 12.8 Å². The third-order valence-electron chi connectivity index (χ3n) is 5.59. The topological polar surface area (TPSA) is 51.1 Å². The van der Waals surface area contributed by atoms with Crippen molar-refractivity contribution >= 4 is 21.6 Å². The molecule has 4 rings (SSSR count). The van der Waals surface area contributed by atoms with Crippen molar-refractivity contribution in [1.82, 2.24) is 9.29 Å². The van der Waals surface area contributed by atoms with Crippen LogP contribution in [0.3, 0.4) is 0 Å². The molecule has 0 saturated carbocycles. The van der Waals surface area contributed by atoms with E-state index in [1.165, 1.54) is 22.2 Å². The van der Waals surface area contributed by atoms with Gasteiger partial charge in [-0.2, -0.15) is 0 Å². The van der Waals surface area contributed by atoms with Crippen LogP contribution >= 0.6 is 11.6 Å². The van der Waals surface area contributed by atoms with E-state index < -0.39 is 15.8 Å². The van der Waals surface area contributed by atoms with Crippen LogP contribution < -0.4 is 5.32 Å². The zero-order valence-corrected chi connectivity index (χ0v) is 18.3. The molecule has 1 aliphatic rings. The molecule has 1 N–H and O–H groups in total. The van der Waals surface area contributed by atoms with E-state index in [0.717, 1.165) is 36.9 Å². The van der Waals surface area contributed by atoms with Crippen LogP contribution in [0.2, 0.25) is 5.02 Å². The van der Waals surface area contributed by atoms with Gasteiger partial charge in [-0.1, -0.05) is 43.1 Å².